The molecule has 0 heterocycles. The Kier molecular flexibility index (Phi) is 9.94. The molecule has 2 N–H and O–H groups in total. The Bertz CT molecular complexity index is 96.1. The standard InChI is InChI=1S/C11H25NO/c1-3-4-5-6-9-12-11(2)8-7-10-13/h11-13H,3-10H2,1-2H3/t11-/m0/s1. The first kappa shape index (κ1) is 12.9. The van der Waals surface area contributed by atoms with E-state index >= 15 is 0 Å². The van der Waals surface area contributed by atoms with Crippen molar-refractivity contribution in [1.29, 1.82) is 0 Å². The first-order valence-corrected chi connectivity index (χ1v) is 5.65. The van der Waals surface area contributed by atoms with Crippen LogP contribution >= 0.6 is 0 Å². The average Bonchev–Trinajstić information content (AvgIpc) is 2.14. The molecular formula is C11H25NO. The fraction of sp³-hybridized carbons (Fsp3) is 1.00. The minimum Gasteiger partial charge on any atom is -0.396 e. The molecule has 0 unspecified atom stereocenters. The molecule has 0 bridgehead atoms. The van der Waals surface area contributed by atoms with E-state index in [1.54, 1.807) is 0 Å². The van der Waals surface area contributed by atoms with Crippen molar-refractivity contribution in [2.75, 3.05) is 13.2 Å². The maximum absolute atomic E-state index is 8.63. The minimum absolute atomic E-state index is 0.321. The molecule has 0 fully saturated rings. The number of hydrogen-bond donors (Lipinski definition) is 2. The van der Waals surface area contributed by atoms with Crippen molar-refractivity contribution in [3.8, 4) is 0 Å². The molecule has 0 saturated heterocycles. The number of unbranched alkanes of at least 4 members (excludes halogenated alkanes) is 3. The molecule has 13 heavy (non-hydrogen) atoms. The number of aliphatic hydroxyl groups excluding tert-OH is 1. The summed E-state index contributed by atoms with van der Waals surface area (Å²) in [6.45, 7) is 5.88. The van der Waals surface area contributed by atoms with Gasteiger partial charge in [-0.2, -0.15) is 0 Å². The monoisotopic (exact) mass is 187 g/mol. The van der Waals surface area contributed by atoms with E-state index in [0.29, 0.717) is 12.6 Å². The number of rotatable bonds is 9. The Labute approximate surface area is 82.7 Å². The van der Waals surface area contributed by atoms with Gasteiger partial charge in [-0.25, -0.2) is 0 Å². The maximum atomic E-state index is 8.63. The van der Waals surface area contributed by atoms with Crippen molar-refractivity contribution in [3.63, 3.8) is 0 Å². The third-order valence-electron chi connectivity index (χ3n) is 2.32. The summed E-state index contributed by atoms with van der Waals surface area (Å²) in [7, 11) is 0. The van der Waals surface area contributed by atoms with Crippen molar-refractivity contribution in [1.82, 2.24) is 5.32 Å². The van der Waals surface area contributed by atoms with E-state index in [-0.39, 0.29) is 0 Å². The van der Waals surface area contributed by atoms with Crippen LogP contribution in [0.2, 0.25) is 0 Å². The van der Waals surface area contributed by atoms with Gasteiger partial charge in [0.05, 0.1) is 0 Å². The molecule has 80 valence electrons. The van der Waals surface area contributed by atoms with Crippen LogP contribution in [0, 0.1) is 0 Å². The van der Waals surface area contributed by atoms with Crippen molar-refractivity contribution in [2.45, 2.75) is 58.4 Å². The van der Waals surface area contributed by atoms with Crippen LogP contribution in [-0.2, 0) is 0 Å². The van der Waals surface area contributed by atoms with E-state index in [4.69, 9.17) is 5.11 Å². The van der Waals surface area contributed by atoms with Gasteiger partial charge in [0.15, 0.2) is 0 Å². The highest BCUT2D eigenvalue weighted by molar-refractivity contribution is 4.59. The molecule has 2 nitrogen and oxygen atoms in total. The van der Waals surface area contributed by atoms with E-state index in [2.05, 4.69) is 19.2 Å². The van der Waals surface area contributed by atoms with Crippen molar-refractivity contribution in [2.24, 2.45) is 0 Å². The van der Waals surface area contributed by atoms with Crippen LogP contribution in [0.1, 0.15) is 52.4 Å². The van der Waals surface area contributed by atoms with Gasteiger partial charge >= 0.3 is 0 Å². The molecule has 2 heteroatoms. The van der Waals surface area contributed by atoms with Crippen LogP contribution in [0.15, 0.2) is 0 Å². The largest absolute Gasteiger partial charge is 0.396 e. The van der Waals surface area contributed by atoms with E-state index in [1.807, 2.05) is 0 Å². The van der Waals surface area contributed by atoms with Crippen LogP contribution in [0.4, 0.5) is 0 Å². The van der Waals surface area contributed by atoms with E-state index in [1.165, 1.54) is 25.7 Å². The number of aliphatic hydroxyl groups is 1. The smallest absolute Gasteiger partial charge is 0.0431 e. The zero-order chi connectivity index (χ0) is 9.94. The Hall–Kier alpha value is -0.0800. The van der Waals surface area contributed by atoms with Gasteiger partial charge in [0, 0.05) is 12.6 Å². The second-order valence-corrected chi connectivity index (χ2v) is 3.78. The van der Waals surface area contributed by atoms with Crippen molar-refractivity contribution in [3.05, 3.63) is 0 Å². The highest BCUT2D eigenvalue weighted by Gasteiger charge is 1.98. The predicted molar refractivity (Wildman–Crippen MR) is 57.9 cm³/mol. The molecule has 0 aromatic rings. The topological polar surface area (TPSA) is 32.3 Å². The summed E-state index contributed by atoms with van der Waals surface area (Å²) < 4.78 is 0. The minimum atomic E-state index is 0.321. The molecule has 0 spiro atoms. The molecule has 0 aliphatic carbocycles. The Morgan fingerprint density at radius 2 is 1.92 bits per heavy atom. The lowest BCUT2D eigenvalue weighted by Gasteiger charge is -2.12. The number of hydrogen-bond acceptors (Lipinski definition) is 2. The lowest BCUT2D eigenvalue weighted by atomic mass is 10.1. The normalized spacial score (nSPS) is 13.2. The molecule has 0 aromatic heterocycles. The Balaban J connectivity index is 3.03. The lowest BCUT2D eigenvalue weighted by Crippen LogP contribution is -2.27. The van der Waals surface area contributed by atoms with Crippen LogP contribution in [0.5, 0.6) is 0 Å². The zero-order valence-electron chi connectivity index (χ0n) is 9.18. The zero-order valence-corrected chi connectivity index (χ0v) is 9.18. The van der Waals surface area contributed by atoms with Crippen LogP contribution in [-0.4, -0.2) is 24.3 Å². The van der Waals surface area contributed by atoms with Gasteiger partial charge in [0.2, 0.25) is 0 Å². The summed E-state index contributed by atoms with van der Waals surface area (Å²) in [5.41, 5.74) is 0. The number of nitrogens with one attached hydrogen (secondary N) is 1. The average molecular weight is 187 g/mol. The van der Waals surface area contributed by atoms with Crippen molar-refractivity contribution >= 4 is 0 Å². The van der Waals surface area contributed by atoms with Gasteiger partial charge in [0.1, 0.15) is 0 Å². The van der Waals surface area contributed by atoms with Gasteiger partial charge in [-0.1, -0.05) is 26.2 Å². The molecule has 0 saturated carbocycles. The molecule has 0 rings (SSSR count). The summed E-state index contributed by atoms with van der Waals surface area (Å²) in [4.78, 5) is 0. The molecule has 0 aliphatic rings. The van der Waals surface area contributed by atoms with E-state index in [9.17, 15) is 0 Å². The van der Waals surface area contributed by atoms with Crippen LogP contribution in [0.3, 0.4) is 0 Å². The van der Waals surface area contributed by atoms with Gasteiger partial charge in [-0.15, -0.1) is 0 Å². The van der Waals surface area contributed by atoms with E-state index in [0.717, 1.165) is 19.4 Å². The highest BCUT2D eigenvalue weighted by atomic mass is 16.2. The summed E-state index contributed by atoms with van der Waals surface area (Å²) >= 11 is 0. The van der Waals surface area contributed by atoms with Gasteiger partial charge in [0.25, 0.3) is 0 Å². The fourth-order valence-corrected chi connectivity index (χ4v) is 1.40. The summed E-state index contributed by atoms with van der Waals surface area (Å²) in [6.07, 6.45) is 7.30. The Morgan fingerprint density at radius 1 is 1.15 bits per heavy atom. The van der Waals surface area contributed by atoms with Gasteiger partial charge in [-0.05, 0) is 32.7 Å². The first-order valence-electron chi connectivity index (χ1n) is 5.65. The highest BCUT2D eigenvalue weighted by Crippen LogP contribution is 1.99. The molecule has 0 radical (unpaired) electrons. The van der Waals surface area contributed by atoms with Crippen LogP contribution < -0.4 is 5.32 Å². The second kappa shape index (κ2) is 10.0. The first-order chi connectivity index (χ1) is 6.31. The SMILES string of the molecule is CCCCCCN[C@@H](C)CCCO. The molecule has 0 amide bonds. The second-order valence-electron chi connectivity index (χ2n) is 3.78. The predicted octanol–water partition coefficient (Wildman–Crippen LogP) is 2.32. The third-order valence-corrected chi connectivity index (χ3v) is 2.32. The van der Waals surface area contributed by atoms with E-state index < -0.39 is 0 Å². The molecular weight excluding hydrogens is 162 g/mol. The molecule has 0 aliphatic heterocycles. The van der Waals surface area contributed by atoms with Gasteiger partial charge in [-0.3, -0.25) is 0 Å². The summed E-state index contributed by atoms with van der Waals surface area (Å²) in [6, 6.07) is 0.564. The Morgan fingerprint density at radius 3 is 2.54 bits per heavy atom. The fourth-order valence-electron chi connectivity index (χ4n) is 1.40. The van der Waals surface area contributed by atoms with Gasteiger partial charge < -0.3 is 10.4 Å². The molecule has 1 atom stereocenters. The quantitative estimate of drug-likeness (QED) is 0.543. The van der Waals surface area contributed by atoms with Crippen LogP contribution in [0.25, 0.3) is 0 Å². The van der Waals surface area contributed by atoms with Crippen molar-refractivity contribution < 1.29 is 5.11 Å². The third kappa shape index (κ3) is 9.84. The summed E-state index contributed by atoms with van der Waals surface area (Å²) in [5, 5.41) is 12.1. The maximum Gasteiger partial charge on any atom is 0.0431 e. The lowest BCUT2D eigenvalue weighted by molar-refractivity contribution is 0.276. The molecule has 0 aromatic carbocycles. The summed E-state index contributed by atoms with van der Waals surface area (Å²) in [5.74, 6) is 0.